The first kappa shape index (κ1) is 16.8. The van der Waals surface area contributed by atoms with Crippen LogP contribution in [0, 0.1) is 10.1 Å². The first-order valence-electron chi connectivity index (χ1n) is 8.20. The number of non-ortho nitro benzene ring substituents is 1. The zero-order chi connectivity index (χ0) is 19.2. The molecule has 2 aliphatic heterocycles. The second-order valence-electron chi connectivity index (χ2n) is 6.61. The van der Waals surface area contributed by atoms with Crippen LogP contribution in [-0.4, -0.2) is 28.9 Å². The molecule has 0 bridgehead atoms. The van der Waals surface area contributed by atoms with Gasteiger partial charge in [-0.3, -0.25) is 20.3 Å². The zero-order valence-electron chi connectivity index (χ0n) is 14.4. The number of nitro benzene ring substituents is 1. The minimum absolute atomic E-state index is 0.0196. The van der Waals surface area contributed by atoms with Gasteiger partial charge < -0.3 is 15.2 Å². The summed E-state index contributed by atoms with van der Waals surface area (Å²) in [6.45, 7) is 1.79. The van der Waals surface area contributed by atoms with Crippen LogP contribution in [0.4, 0.5) is 5.69 Å². The van der Waals surface area contributed by atoms with Crippen LogP contribution in [0.3, 0.4) is 0 Å². The molecular formula is C18H16N4O5. The van der Waals surface area contributed by atoms with Crippen LogP contribution in [0.5, 0.6) is 11.5 Å². The molecule has 0 spiro atoms. The second-order valence-corrected chi connectivity index (χ2v) is 6.61. The maximum atomic E-state index is 12.0. The molecule has 2 aliphatic rings. The highest BCUT2D eigenvalue weighted by Crippen LogP contribution is 2.37. The van der Waals surface area contributed by atoms with Gasteiger partial charge in [0.15, 0.2) is 11.5 Å². The lowest BCUT2D eigenvalue weighted by molar-refractivity contribution is -0.384. The van der Waals surface area contributed by atoms with Crippen molar-refractivity contribution >= 4 is 17.3 Å². The fourth-order valence-corrected chi connectivity index (χ4v) is 3.11. The van der Waals surface area contributed by atoms with E-state index in [1.54, 1.807) is 25.1 Å². The van der Waals surface area contributed by atoms with E-state index < -0.39 is 16.4 Å². The number of nitrogens with one attached hydrogen (secondary N) is 1. The Balaban J connectivity index is 1.87. The van der Waals surface area contributed by atoms with Crippen molar-refractivity contribution in [1.29, 1.82) is 0 Å². The highest BCUT2D eigenvalue weighted by Gasteiger charge is 2.36. The van der Waals surface area contributed by atoms with E-state index in [0.29, 0.717) is 29.2 Å². The van der Waals surface area contributed by atoms with Crippen LogP contribution in [0.2, 0.25) is 0 Å². The van der Waals surface area contributed by atoms with Crippen LogP contribution < -0.4 is 20.6 Å². The normalized spacial score (nSPS) is 20.1. The van der Waals surface area contributed by atoms with Gasteiger partial charge in [0.1, 0.15) is 5.54 Å². The van der Waals surface area contributed by atoms with Crippen LogP contribution in [0.25, 0.3) is 0 Å². The molecule has 2 aromatic carbocycles. The number of hydrogen-bond donors (Lipinski definition) is 2. The number of hydrogen-bond acceptors (Lipinski definition) is 7. The molecule has 3 N–H and O–H groups in total. The molecule has 0 aromatic heterocycles. The number of benzene rings is 2. The Morgan fingerprint density at radius 2 is 1.93 bits per heavy atom. The first-order valence-corrected chi connectivity index (χ1v) is 8.20. The van der Waals surface area contributed by atoms with Gasteiger partial charge in [0, 0.05) is 29.7 Å². The number of nitrogens with zero attached hydrogens (tertiary/aromatic N) is 2. The number of nitrogens with two attached hydrogens (primary N) is 1. The van der Waals surface area contributed by atoms with Gasteiger partial charge in [0.05, 0.1) is 10.6 Å². The molecule has 4 rings (SSSR count). The summed E-state index contributed by atoms with van der Waals surface area (Å²) in [7, 11) is 0. The quantitative estimate of drug-likeness (QED) is 0.623. The van der Waals surface area contributed by atoms with Gasteiger partial charge in [0.25, 0.3) is 5.69 Å². The third-order valence-corrected chi connectivity index (χ3v) is 4.71. The SMILES string of the molecule is CC1(C(N)=O)Cc2cc3c(cc2C(c2ccc([N+](=O)[O-])cc2)=NN1)OCO3. The standard InChI is InChI=1S/C18H16N4O5/c1-18(17(19)23)8-11-6-14-15(27-9-26-14)7-13(11)16(20-21-18)10-2-4-12(5-3-10)22(24)25/h2-7,21H,8-9H2,1H3,(H2,19,23). The maximum Gasteiger partial charge on any atom is 0.269 e. The highest BCUT2D eigenvalue weighted by molar-refractivity contribution is 6.14. The average Bonchev–Trinajstić information content (AvgIpc) is 3.03. The third kappa shape index (κ3) is 2.82. The molecule has 0 fully saturated rings. The molecule has 9 nitrogen and oxygen atoms in total. The van der Waals surface area contributed by atoms with Crippen molar-refractivity contribution in [2.75, 3.05) is 6.79 Å². The van der Waals surface area contributed by atoms with E-state index in [-0.39, 0.29) is 12.5 Å². The smallest absolute Gasteiger partial charge is 0.269 e. The first-order chi connectivity index (χ1) is 12.9. The average molecular weight is 368 g/mol. The second kappa shape index (κ2) is 5.97. The van der Waals surface area contributed by atoms with E-state index in [4.69, 9.17) is 15.2 Å². The van der Waals surface area contributed by atoms with E-state index in [1.165, 1.54) is 12.1 Å². The summed E-state index contributed by atoms with van der Waals surface area (Å²) in [5.41, 5.74) is 10.1. The monoisotopic (exact) mass is 368 g/mol. The number of fused-ring (bicyclic) bond motifs is 2. The Kier molecular flexibility index (Phi) is 3.72. The van der Waals surface area contributed by atoms with Crippen molar-refractivity contribution in [2.24, 2.45) is 10.8 Å². The number of ether oxygens (including phenoxy) is 2. The fourth-order valence-electron chi connectivity index (χ4n) is 3.11. The summed E-state index contributed by atoms with van der Waals surface area (Å²) >= 11 is 0. The molecule has 1 amide bonds. The van der Waals surface area contributed by atoms with Crippen LogP contribution in [0.1, 0.15) is 23.6 Å². The van der Waals surface area contributed by atoms with Crippen LogP contribution in [0.15, 0.2) is 41.5 Å². The van der Waals surface area contributed by atoms with Crippen molar-refractivity contribution < 1.29 is 19.2 Å². The van der Waals surface area contributed by atoms with E-state index in [2.05, 4.69) is 10.5 Å². The Bertz CT molecular complexity index is 986. The van der Waals surface area contributed by atoms with Gasteiger partial charge in [-0.25, -0.2) is 0 Å². The Labute approximate surface area is 153 Å². The molecule has 2 heterocycles. The molecular weight excluding hydrogens is 352 g/mol. The molecule has 27 heavy (non-hydrogen) atoms. The molecule has 2 aromatic rings. The predicted molar refractivity (Wildman–Crippen MR) is 95.7 cm³/mol. The Morgan fingerprint density at radius 1 is 1.26 bits per heavy atom. The van der Waals surface area contributed by atoms with Gasteiger partial charge in [-0.1, -0.05) is 0 Å². The molecule has 0 aliphatic carbocycles. The lowest BCUT2D eigenvalue weighted by Gasteiger charge is -2.24. The van der Waals surface area contributed by atoms with Crippen molar-refractivity contribution in [3.63, 3.8) is 0 Å². The lowest BCUT2D eigenvalue weighted by atomic mass is 9.88. The van der Waals surface area contributed by atoms with Crippen molar-refractivity contribution in [3.8, 4) is 11.5 Å². The number of carbonyl (C=O) groups is 1. The third-order valence-electron chi connectivity index (χ3n) is 4.71. The summed E-state index contributed by atoms with van der Waals surface area (Å²) in [6, 6.07) is 9.64. The number of hydrazone groups is 1. The van der Waals surface area contributed by atoms with Crippen molar-refractivity contribution in [3.05, 3.63) is 63.2 Å². The number of nitro groups is 1. The fraction of sp³-hybridized carbons (Fsp3) is 0.222. The minimum Gasteiger partial charge on any atom is -0.454 e. The van der Waals surface area contributed by atoms with Crippen LogP contribution >= 0.6 is 0 Å². The van der Waals surface area contributed by atoms with Crippen molar-refractivity contribution in [1.82, 2.24) is 5.43 Å². The lowest BCUT2D eigenvalue weighted by Crippen LogP contribution is -2.52. The van der Waals surface area contributed by atoms with E-state index >= 15 is 0 Å². The number of primary amides is 1. The van der Waals surface area contributed by atoms with Gasteiger partial charge in [-0.05, 0) is 36.8 Å². The molecule has 0 radical (unpaired) electrons. The van der Waals surface area contributed by atoms with Gasteiger partial charge in [0.2, 0.25) is 12.7 Å². The topological polar surface area (TPSA) is 129 Å². The molecule has 138 valence electrons. The van der Waals surface area contributed by atoms with Crippen LogP contribution in [-0.2, 0) is 11.2 Å². The Hall–Kier alpha value is -3.62. The van der Waals surface area contributed by atoms with Gasteiger partial charge in [-0.15, -0.1) is 0 Å². The largest absolute Gasteiger partial charge is 0.454 e. The molecule has 0 saturated carbocycles. The predicted octanol–water partition coefficient (Wildman–Crippen LogP) is 1.47. The number of rotatable bonds is 3. The minimum atomic E-state index is -1.09. The highest BCUT2D eigenvalue weighted by atomic mass is 16.7. The van der Waals surface area contributed by atoms with Gasteiger partial charge >= 0.3 is 0 Å². The molecule has 0 saturated heterocycles. The Morgan fingerprint density at radius 3 is 2.56 bits per heavy atom. The van der Waals surface area contributed by atoms with E-state index in [0.717, 1.165) is 11.1 Å². The zero-order valence-corrected chi connectivity index (χ0v) is 14.4. The van der Waals surface area contributed by atoms with E-state index in [1.807, 2.05) is 6.07 Å². The summed E-state index contributed by atoms with van der Waals surface area (Å²) in [5.74, 6) is 0.622. The van der Waals surface area contributed by atoms with E-state index in [9.17, 15) is 14.9 Å². The summed E-state index contributed by atoms with van der Waals surface area (Å²) in [4.78, 5) is 22.4. The molecule has 9 heteroatoms. The summed E-state index contributed by atoms with van der Waals surface area (Å²) < 4.78 is 10.9. The molecule has 1 atom stereocenters. The summed E-state index contributed by atoms with van der Waals surface area (Å²) in [6.07, 6.45) is 0.300. The van der Waals surface area contributed by atoms with Gasteiger partial charge in [-0.2, -0.15) is 5.10 Å². The van der Waals surface area contributed by atoms with Crippen molar-refractivity contribution in [2.45, 2.75) is 18.9 Å². The molecule has 1 unspecified atom stereocenters. The number of carbonyl (C=O) groups excluding carboxylic acids is 1. The number of amides is 1. The maximum absolute atomic E-state index is 12.0. The summed E-state index contributed by atoms with van der Waals surface area (Å²) in [5, 5.41) is 15.3.